The van der Waals surface area contributed by atoms with Gasteiger partial charge in [-0.15, -0.1) is 0 Å². The van der Waals surface area contributed by atoms with Crippen molar-refractivity contribution in [3.8, 4) is 0 Å². The molecule has 0 amide bonds. The van der Waals surface area contributed by atoms with Crippen molar-refractivity contribution in [2.24, 2.45) is 11.8 Å². The van der Waals surface area contributed by atoms with Gasteiger partial charge in [0, 0.05) is 6.42 Å². The summed E-state index contributed by atoms with van der Waals surface area (Å²) in [7, 11) is 0. The highest BCUT2D eigenvalue weighted by Crippen LogP contribution is 2.30. The minimum atomic E-state index is -3.99. The molecule has 0 radical (unpaired) electrons. The summed E-state index contributed by atoms with van der Waals surface area (Å²) in [6.07, 6.45) is -3.31. The van der Waals surface area contributed by atoms with Crippen molar-refractivity contribution < 1.29 is 13.2 Å². The van der Waals surface area contributed by atoms with Gasteiger partial charge in [-0.2, -0.15) is 13.2 Å². The first-order valence-corrected chi connectivity index (χ1v) is 4.42. The van der Waals surface area contributed by atoms with Gasteiger partial charge in [0.1, 0.15) is 0 Å². The van der Waals surface area contributed by atoms with E-state index in [1.807, 2.05) is 20.8 Å². The highest BCUT2D eigenvalue weighted by Gasteiger charge is 2.31. The van der Waals surface area contributed by atoms with Crippen LogP contribution in [-0.2, 0) is 0 Å². The summed E-state index contributed by atoms with van der Waals surface area (Å²) < 4.78 is 35.8. The minimum Gasteiger partial charge on any atom is -0.171 e. The lowest BCUT2D eigenvalue weighted by Gasteiger charge is -2.18. The van der Waals surface area contributed by atoms with Crippen molar-refractivity contribution in [3.63, 3.8) is 0 Å². The van der Waals surface area contributed by atoms with Gasteiger partial charge in [-0.05, 0) is 18.3 Å². The molecule has 3 heteroatoms. The molecule has 0 aliphatic carbocycles. The van der Waals surface area contributed by atoms with Crippen LogP contribution in [0, 0.1) is 11.8 Å². The van der Waals surface area contributed by atoms with E-state index < -0.39 is 12.6 Å². The number of hydrogen-bond acceptors (Lipinski definition) is 0. The third-order valence-corrected chi connectivity index (χ3v) is 1.90. The van der Waals surface area contributed by atoms with Gasteiger partial charge in [0.2, 0.25) is 0 Å². The molecule has 0 rings (SSSR count). The highest BCUT2D eigenvalue weighted by molar-refractivity contribution is 4.64. The van der Waals surface area contributed by atoms with Gasteiger partial charge >= 0.3 is 6.18 Å². The molecule has 0 aromatic carbocycles. The van der Waals surface area contributed by atoms with E-state index in [-0.39, 0.29) is 5.92 Å². The van der Waals surface area contributed by atoms with Crippen LogP contribution in [0.5, 0.6) is 0 Å². The van der Waals surface area contributed by atoms with E-state index in [9.17, 15) is 13.2 Å². The van der Waals surface area contributed by atoms with Gasteiger partial charge in [0.05, 0.1) is 0 Å². The average Bonchev–Trinajstić information content (AvgIpc) is 1.82. The number of halogens is 3. The van der Waals surface area contributed by atoms with Crippen molar-refractivity contribution >= 4 is 0 Å². The van der Waals surface area contributed by atoms with E-state index >= 15 is 0 Å². The first kappa shape index (κ1) is 11.8. The molecule has 0 fully saturated rings. The number of rotatable bonds is 4. The summed E-state index contributed by atoms with van der Waals surface area (Å²) >= 11 is 0. The molecule has 0 aliphatic rings. The molecule has 74 valence electrons. The molecule has 0 aliphatic heterocycles. The third-order valence-electron chi connectivity index (χ3n) is 1.90. The van der Waals surface area contributed by atoms with Crippen molar-refractivity contribution in [1.82, 2.24) is 0 Å². The zero-order valence-corrected chi connectivity index (χ0v) is 7.91. The normalized spacial score (nSPS) is 15.2. The zero-order chi connectivity index (χ0) is 9.78. The molecule has 0 heterocycles. The van der Waals surface area contributed by atoms with Crippen LogP contribution in [0.1, 0.15) is 40.0 Å². The summed E-state index contributed by atoms with van der Waals surface area (Å²) in [6, 6.07) is 0. The standard InChI is InChI=1S/C9H17F3/c1-4-8(5-7(2)3)6-9(10,11)12/h7-8H,4-6H2,1-3H3/t8-/m0/s1. The fourth-order valence-electron chi connectivity index (χ4n) is 1.39. The van der Waals surface area contributed by atoms with E-state index in [1.54, 1.807) is 0 Å². The van der Waals surface area contributed by atoms with Crippen LogP contribution in [0.3, 0.4) is 0 Å². The molecular weight excluding hydrogens is 165 g/mol. The molecule has 0 bridgehead atoms. The second-order valence-electron chi connectivity index (χ2n) is 3.72. The maximum atomic E-state index is 11.9. The second kappa shape index (κ2) is 4.73. The molecule has 0 aromatic heterocycles. The summed E-state index contributed by atoms with van der Waals surface area (Å²) in [5.41, 5.74) is 0. The highest BCUT2D eigenvalue weighted by atomic mass is 19.4. The molecule has 0 unspecified atom stereocenters. The average molecular weight is 182 g/mol. The summed E-state index contributed by atoms with van der Waals surface area (Å²) in [5, 5.41) is 0. The fourth-order valence-corrected chi connectivity index (χ4v) is 1.39. The molecule has 0 nitrogen and oxygen atoms in total. The molecule has 0 saturated heterocycles. The Morgan fingerprint density at radius 3 is 1.92 bits per heavy atom. The molecular formula is C9H17F3. The lowest BCUT2D eigenvalue weighted by atomic mass is 9.92. The Morgan fingerprint density at radius 1 is 1.17 bits per heavy atom. The van der Waals surface area contributed by atoms with Crippen LogP contribution >= 0.6 is 0 Å². The van der Waals surface area contributed by atoms with E-state index in [4.69, 9.17) is 0 Å². The first-order valence-electron chi connectivity index (χ1n) is 4.42. The third kappa shape index (κ3) is 6.50. The predicted molar refractivity (Wildman–Crippen MR) is 43.9 cm³/mol. The van der Waals surface area contributed by atoms with Crippen LogP contribution in [0.4, 0.5) is 13.2 Å². The summed E-state index contributed by atoms with van der Waals surface area (Å²) in [6.45, 7) is 5.73. The maximum Gasteiger partial charge on any atom is 0.389 e. The molecule has 0 N–H and O–H groups in total. The Kier molecular flexibility index (Phi) is 4.64. The minimum absolute atomic E-state index is 0.190. The Bertz CT molecular complexity index is 115. The zero-order valence-electron chi connectivity index (χ0n) is 7.91. The van der Waals surface area contributed by atoms with Gasteiger partial charge < -0.3 is 0 Å². The van der Waals surface area contributed by atoms with Crippen LogP contribution in [-0.4, -0.2) is 6.18 Å². The van der Waals surface area contributed by atoms with E-state index in [0.717, 1.165) is 0 Å². The van der Waals surface area contributed by atoms with E-state index in [1.165, 1.54) is 0 Å². The van der Waals surface area contributed by atoms with Crippen molar-refractivity contribution in [3.05, 3.63) is 0 Å². The van der Waals surface area contributed by atoms with E-state index in [0.29, 0.717) is 18.8 Å². The molecule has 1 atom stereocenters. The fraction of sp³-hybridized carbons (Fsp3) is 1.00. The van der Waals surface area contributed by atoms with Crippen molar-refractivity contribution in [2.75, 3.05) is 0 Å². The summed E-state index contributed by atoms with van der Waals surface area (Å²) in [4.78, 5) is 0. The van der Waals surface area contributed by atoms with Crippen LogP contribution in [0.15, 0.2) is 0 Å². The van der Waals surface area contributed by atoms with Crippen molar-refractivity contribution in [2.45, 2.75) is 46.2 Å². The predicted octanol–water partition coefficient (Wildman–Crippen LogP) is 4.01. The SMILES string of the molecule is CC[C@@H](CC(C)C)CC(F)(F)F. The van der Waals surface area contributed by atoms with Crippen LogP contribution < -0.4 is 0 Å². The Hall–Kier alpha value is -0.210. The van der Waals surface area contributed by atoms with E-state index in [2.05, 4.69) is 0 Å². The lowest BCUT2D eigenvalue weighted by Crippen LogP contribution is -2.16. The quantitative estimate of drug-likeness (QED) is 0.616. The maximum absolute atomic E-state index is 11.9. The number of hydrogen-bond donors (Lipinski definition) is 0. The lowest BCUT2D eigenvalue weighted by molar-refractivity contribution is -0.145. The van der Waals surface area contributed by atoms with Gasteiger partial charge in [0.15, 0.2) is 0 Å². The Labute approximate surface area is 72.2 Å². The molecule has 0 spiro atoms. The first-order chi connectivity index (χ1) is 5.35. The van der Waals surface area contributed by atoms with Crippen LogP contribution in [0.25, 0.3) is 0 Å². The Morgan fingerprint density at radius 2 is 1.67 bits per heavy atom. The van der Waals surface area contributed by atoms with Gasteiger partial charge in [-0.3, -0.25) is 0 Å². The summed E-state index contributed by atoms with van der Waals surface area (Å²) in [5.74, 6) is 0.169. The Balaban J connectivity index is 3.83. The van der Waals surface area contributed by atoms with Crippen LogP contribution in [0.2, 0.25) is 0 Å². The second-order valence-corrected chi connectivity index (χ2v) is 3.72. The van der Waals surface area contributed by atoms with Gasteiger partial charge in [-0.1, -0.05) is 27.2 Å². The molecule has 12 heavy (non-hydrogen) atoms. The molecule has 0 saturated carbocycles. The topological polar surface area (TPSA) is 0 Å². The smallest absolute Gasteiger partial charge is 0.171 e. The molecule has 0 aromatic rings. The van der Waals surface area contributed by atoms with Gasteiger partial charge in [-0.25, -0.2) is 0 Å². The largest absolute Gasteiger partial charge is 0.389 e. The number of alkyl halides is 3. The van der Waals surface area contributed by atoms with Crippen molar-refractivity contribution in [1.29, 1.82) is 0 Å². The van der Waals surface area contributed by atoms with Gasteiger partial charge in [0.25, 0.3) is 0 Å². The monoisotopic (exact) mass is 182 g/mol.